The number of nitrogens with zero attached hydrogens (tertiary/aromatic N) is 1. The first-order chi connectivity index (χ1) is 8.09. The molecule has 92 valence electrons. The van der Waals surface area contributed by atoms with E-state index in [1.807, 2.05) is 36.9 Å². The third-order valence-electron chi connectivity index (χ3n) is 3.45. The minimum Gasteiger partial charge on any atom is -0.393 e. The van der Waals surface area contributed by atoms with Gasteiger partial charge in [-0.25, -0.2) is 0 Å². The van der Waals surface area contributed by atoms with Crippen LogP contribution in [0.3, 0.4) is 0 Å². The maximum atomic E-state index is 12.4. The van der Waals surface area contributed by atoms with Gasteiger partial charge in [-0.3, -0.25) is 4.79 Å². The van der Waals surface area contributed by atoms with Crippen molar-refractivity contribution in [1.29, 1.82) is 0 Å². The molecule has 0 aromatic heterocycles. The fraction of sp³-hybridized carbons (Fsp3) is 0.500. The Bertz CT molecular complexity index is 400. The van der Waals surface area contributed by atoms with Crippen molar-refractivity contribution in [1.82, 2.24) is 4.90 Å². The third-order valence-corrected chi connectivity index (χ3v) is 3.45. The van der Waals surface area contributed by atoms with E-state index in [0.717, 1.165) is 16.7 Å². The molecule has 0 unspecified atom stereocenters. The average molecular weight is 233 g/mol. The minimum atomic E-state index is -0.239. The first-order valence-electron chi connectivity index (χ1n) is 6.13. The minimum absolute atomic E-state index is 0.104. The molecule has 3 nitrogen and oxygen atoms in total. The van der Waals surface area contributed by atoms with Gasteiger partial charge in [-0.15, -0.1) is 0 Å². The predicted octanol–water partition coefficient (Wildman–Crippen LogP) is 1.90. The molecule has 2 rings (SSSR count). The number of carbonyl (C=O) groups is 1. The number of aliphatic hydroxyl groups is 1. The lowest BCUT2D eigenvalue weighted by Crippen LogP contribution is -2.40. The van der Waals surface area contributed by atoms with E-state index in [0.29, 0.717) is 25.9 Å². The zero-order valence-electron chi connectivity index (χ0n) is 10.4. The van der Waals surface area contributed by atoms with Crippen LogP contribution in [-0.4, -0.2) is 35.1 Å². The van der Waals surface area contributed by atoms with Crippen LogP contribution in [0.25, 0.3) is 0 Å². The molecule has 1 fully saturated rings. The highest BCUT2D eigenvalue weighted by Gasteiger charge is 2.24. The van der Waals surface area contributed by atoms with Crippen LogP contribution in [0.5, 0.6) is 0 Å². The number of aryl methyl sites for hydroxylation is 2. The van der Waals surface area contributed by atoms with E-state index in [2.05, 4.69) is 0 Å². The van der Waals surface area contributed by atoms with Gasteiger partial charge in [0.05, 0.1) is 6.10 Å². The lowest BCUT2D eigenvalue weighted by molar-refractivity contribution is 0.0545. The maximum absolute atomic E-state index is 12.4. The molecule has 1 aliphatic heterocycles. The summed E-state index contributed by atoms with van der Waals surface area (Å²) in [4.78, 5) is 14.2. The van der Waals surface area contributed by atoms with Gasteiger partial charge < -0.3 is 10.0 Å². The summed E-state index contributed by atoms with van der Waals surface area (Å²) in [6.07, 6.45) is 1.14. The van der Waals surface area contributed by atoms with E-state index in [9.17, 15) is 9.90 Å². The number of aliphatic hydroxyl groups excluding tert-OH is 1. The van der Waals surface area contributed by atoms with Crippen LogP contribution in [0, 0.1) is 13.8 Å². The largest absolute Gasteiger partial charge is 0.393 e. The summed E-state index contributed by atoms with van der Waals surface area (Å²) in [5, 5.41) is 9.45. The normalized spacial score (nSPS) is 17.2. The van der Waals surface area contributed by atoms with Crippen LogP contribution >= 0.6 is 0 Å². The summed E-state index contributed by atoms with van der Waals surface area (Å²) in [6, 6.07) is 5.92. The van der Waals surface area contributed by atoms with E-state index < -0.39 is 0 Å². The smallest absolute Gasteiger partial charge is 0.254 e. The van der Waals surface area contributed by atoms with Crippen LogP contribution in [0.1, 0.15) is 34.3 Å². The predicted molar refractivity (Wildman–Crippen MR) is 67.1 cm³/mol. The Morgan fingerprint density at radius 3 is 2.29 bits per heavy atom. The number of carbonyl (C=O) groups excluding carboxylic acids is 1. The Labute approximate surface area is 102 Å². The van der Waals surface area contributed by atoms with Crippen molar-refractivity contribution in [2.45, 2.75) is 32.8 Å². The third kappa shape index (κ3) is 2.50. The zero-order chi connectivity index (χ0) is 12.4. The Hall–Kier alpha value is -1.35. The van der Waals surface area contributed by atoms with Crippen LogP contribution in [0.15, 0.2) is 18.2 Å². The first kappa shape index (κ1) is 12.1. The van der Waals surface area contributed by atoms with E-state index >= 15 is 0 Å². The van der Waals surface area contributed by atoms with Crippen molar-refractivity contribution in [3.8, 4) is 0 Å². The molecule has 0 atom stereocenters. The second-order valence-corrected chi connectivity index (χ2v) is 4.79. The van der Waals surface area contributed by atoms with E-state index in [1.54, 1.807) is 0 Å². The van der Waals surface area contributed by atoms with Gasteiger partial charge in [0.1, 0.15) is 0 Å². The van der Waals surface area contributed by atoms with Crippen molar-refractivity contribution in [3.63, 3.8) is 0 Å². The number of rotatable bonds is 1. The summed E-state index contributed by atoms with van der Waals surface area (Å²) in [6.45, 7) is 5.26. The second-order valence-electron chi connectivity index (χ2n) is 4.79. The van der Waals surface area contributed by atoms with Crippen molar-refractivity contribution in [2.24, 2.45) is 0 Å². The van der Waals surface area contributed by atoms with Crippen LogP contribution in [0.4, 0.5) is 0 Å². The fourth-order valence-corrected chi connectivity index (χ4v) is 2.38. The SMILES string of the molecule is Cc1cccc(C)c1C(=O)N1CCC(O)CC1. The van der Waals surface area contributed by atoms with Gasteiger partial charge in [0.25, 0.3) is 5.91 Å². The molecule has 3 heteroatoms. The zero-order valence-corrected chi connectivity index (χ0v) is 10.4. The molecule has 1 saturated heterocycles. The molecule has 17 heavy (non-hydrogen) atoms. The van der Waals surface area contributed by atoms with Crippen molar-refractivity contribution >= 4 is 5.91 Å². The fourth-order valence-electron chi connectivity index (χ4n) is 2.38. The Morgan fingerprint density at radius 1 is 1.24 bits per heavy atom. The Kier molecular flexibility index (Phi) is 3.48. The molecule has 1 amide bonds. The Balaban J connectivity index is 2.20. The van der Waals surface area contributed by atoms with Crippen LogP contribution in [0.2, 0.25) is 0 Å². The van der Waals surface area contributed by atoms with Gasteiger partial charge in [0.2, 0.25) is 0 Å². The average Bonchev–Trinajstić information content (AvgIpc) is 2.29. The van der Waals surface area contributed by atoms with E-state index in [1.165, 1.54) is 0 Å². The molecule has 0 radical (unpaired) electrons. The van der Waals surface area contributed by atoms with Crippen molar-refractivity contribution < 1.29 is 9.90 Å². The summed E-state index contributed by atoms with van der Waals surface area (Å²) in [7, 11) is 0. The Morgan fingerprint density at radius 2 is 1.76 bits per heavy atom. The second kappa shape index (κ2) is 4.88. The highest BCUT2D eigenvalue weighted by Crippen LogP contribution is 2.19. The molecule has 0 bridgehead atoms. The molecule has 1 N–H and O–H groups in total. The topological polar surface area (TPSA) is 40.5 Å². The molecule has 1 aromatic carbocycles. The molecular formula is C14H19NO2. The van der Waals surface area contributed by atoms with Gasteiger partial charge in [-0.05, 0) is 37.8 Å². The quantitative estimate of drug-likeness (QED) is 0.804. The van der Waals surface area contributed by atoms with Crippen LogP contribution < -0.4 is 0 Å². The maximum Gasteiger partial charge on any atom is 0.254 e. The number of hydrogen-bond acceptors (Lipinski definition) is 2. The van der Waals surface area contributed by atoms with Gasteiger partial charge in [0.15, 0.2) is 0 Å². The summed E-state index contributed by atoms with van der Waals surface area (Å²) in [5.74, 6) is 0.104. The number of hydrogen-bond donors (Lipinski definition) is 1. The number of likely N-dealkylation sites (tertiary alicyclic amines) is 1. The standard InChI is InChI=1S/C14H19NO2/c1-10-4-3-5-11(2)13(10)14(17)15-8-6-12(16)7-9-15/h3-5,12,16H,6-9H2,1-2H3. The number of piperidine rings is 1. The summed E-state index contributed by atoms with van der Waals surface area (Å²) < 4.78 is 0. The molecule has 0 saturated carbocycles. The van der Waals surface area contributed by atoms with Crippen molar-refractivity contribution in [3.05, 3.63) is 34.9 Å². The van der Waals surface area contributed by atoms with Gasteiger partial charge >= 0.3 is 0 Å². The first-order valence-corrected chi connectivity index (χ1v) is 6.13. The van der Waals surface area contributed by atoms with Gasteiger partial charge in [-0.1, -0.05) is 18.2 Å². The van der Waals surface area contributed by atoms with Crippen molar-refractivity contribution in [2.75, 3.05) is 13.1 Å². The molecule has 1 aromatic rings. The molecular weight excluding hydrogens is 214 g/mol. The van der Waals surface area contributed by atoms with Gasteiger partial charge in [0, 0.05) is 18.7 Å². The summed E-state index contributed by atoms with van der Waals surface area (Å²) in [5.41, 5.74) is 2.88. The number of benzene rings is 1. The molecule has 0 spiro atoms. The number of amides is 1. The summed E-state index contributed by atoms with van der Waals surface area (Å²) >= 11 is 0. The molecule has 1 aliphatic rings. The highest BCUT2D eigenvalue weighted by molar-refractivity contribution is 5.97. The highest BCUT2D eigenvalue weighted by atomic mass is 16.3. The monoisotopic (exact) mass is 233 g/mol. The van der Waals surface area contributed by atoms with Crippen LogP contribution in [-0.2, 0) is 0 Å². The lowest BCUT2D eigenvalue weighted by Gasteiger charge is -2.30. The van der Waals surface area contributed by atoms with E-state index in [-0.39, 0.29) is 12.0 Å². The lowest BCUT2D eigenvalue weighted by atomic mass is 10.00. The molecule has 1 heterocycles. The van der Waals surface area contributed by atoms with Gasteiger partial charge in [-0.2, -0.15) is 0 Å². The van der Waals surface area contributed by atoms with E-state index in [4.69, 9.17) is 0 Å². The molecule has 0 aliphatic carbocycles.